The standard InChI is InChI=1S/C17H19BrFNO2.ClH/c1-3-22-16-9-13(8-15(18)17(16)21-2)11-20-10-12-4-6-14(19)7-5-12;/h4-9,20H,3,10-11H2,1-2H3;1H. The van der Waals surface area contributed by atoms with E-state index in [1.165, 1.54) is 12.1 Å². The molecule has 0 aliphatic heterocycles. The molecule has 6 heteroatoms. The van der Waals surface area contributed by atoms with Crippen molar-refractivity contribution in [2.24, 2.45) is 0 Å². The zero-order chi connectivity index (χ0) is 15.9. The van der Waals surface area contributed by atoms with Crippen LogP contribution in [0.3, 0.4) is 0 Å². The number of ether oxygens (including phenoxy) is 2. The minimum atomic E-state index is -0.218. The van der Waals surface area contributed by atoms with Gasteiger partial charge in [-0.3, -0.25) is 0 Å². The average molecular weight is 405 g/mol. The third-order valence-electron chi connectivity index (χ3n) is 3.14. The molecule has 0 unspecified atom stereocenters. The van der Waals surface area contributed by atoms with E-state index in [1.54, 1.807) is 19.2 Å². The first-order valence-corrected chi connectivity index (χ1v) is 7.87. The van der Waals surface area contributed by atoms with Crippen molar-refractivity contribution in [3.05, 3.63) is 57.8 Å². The minimum Gasteiger partial charge on any atom is -0.492 e. The van der Waals surface area contributed by atoms with Gasteiger partial charge in [0.25, 0.3) is 0 Å². The first-order valence-electron chi connectivity index (χ1n) is 7.08. The van der Waals surface area contributed by atoms with Gasteiger partial charge in [0.1, 0.15) is 5.82 Å². The first-order chi connectivity index (χ1) is 10.6. The molecule has 0 bridgehead atoms. The molecule has 0 fully saturated rings. The Morgan fingerprint density at radius 1 is 1.09 bits per heavy atom. The van der Waals surface area contributed by atoms with E-state index in [0.29, 0.717) is 25.4 Å². The van der Waals surface area contributed by atoms with Crippen LogP contribution in [0.4, 0.5) is 4.39 Å². The number of hydrogen-bond donors (Lipinski definition) is 1. The minimum absolute atomic E-state index is 0. The Morgan fingerprint density at radius 2 is 1.74 bits per heavy atom. The number of rotatable bonds is 7. The molecule has 2 rings (SSSR count). The highest BCUT2D eigenvalue weighted by Gasteiger charge is 2.10. The average Bonchev–Trinajstić information content (AvgIpc) is 2.49. The summed E-state index contributed by atoms with van der Waals surface area (Å²) in [5, 5.41) is 3.33. The van der Waals surface area contributed by atoms with Crippen molar-refractivity contribution in [3.8, 4) is 11.5 Å². The Kier molecular flexibility index (Phi) is 8.37. The van der Waals surface area contributed by atoms with Gasteiger partial charge < -0.3 is 14.8 Å². The van der Waals surface area contributed by atoms with Gasteiger partial charge in [-0.15, -0.1) is 12.4 Å². The molecule has 1 N–H and O–H groups in total. The molecular formula is C17H20BrClFNO2. The first kappa shape index (κ1) is 19.7. The molecule has 0 saturated heterocycles. The van der Waals surface area contributed by atoms with Crippen molar-refractivity contribution in [3.63, 3.8) is 0 Å². The number of hydrogen-bond acceptors (Lipinski definition) is 3. The second-order valence-corrected chi connectivity index (χ2v) is 5.63. The van der Waals surface area contributed by atoms with Crippen LogP contribution in [0.25, 0.3) is 0 Å². The fourth-order valence-electron chi connectivity index (χ4n) is 2.14. The van der Waals surface area contributed by atoms with Gasteiger partial charge in [0.15, 0.2) is 11.5 Å². The highest BCUT2D eigenvalue weighted by molar-refractivity contribution is 9.10. The van der Waals surface area contributed by atoms with Crippen molar-refractivity contribution in [2.75, 3.05) is 13.7 Å². The van der Waals surface area contributed by atoms with E-state index in [4.69, 9.17) is 9.47 Å². The van der Waals surface area contributed by atoms with E-state index in [-0.39, 0.29) is 18.2 Å². The molecule has 0 aromatic heterocycles. The van der Waals surface area contributed by atoms with E-state index in [9.17, 15) is 4.39 Å². The molecule has 2 aromatic rings. The van der Waals surface area contributed by atoms with Crippen molar-refractivity contribution in [1.82, 2.24) is 5.32 Å². The predicted octanol–water partition coefficient (Wildman–Crippen LogP) is 4.71. The maximum atomic E-state index is 12.9. The van der Waals surface area contributed by atoms with E-state index in [1.807, 2.05) is 19.1 Å². The monoisotopic (exact) mass is 403 g/mol. The largest absolute Gasteiger partial charge is 0.492 e. The molecule has 0 aliphatic rings. The maximum absolute atomic E-state index is 12.9. The Hall–Kier alpha value is -1.30. The van der Waals surface area contributed by atoms with Gasteiger partial charge in [-0.25, -0.2) is 4.39 Å². The lowest BCUT2D eigenvalue weighted by molar-refractivity contribution is 0.309. The van der Waals surface area contributed by atoms with Crippen LogP contribution in [0.5, 0.6) is 11.5 Å². The molecule has 23 heavy (non-hydrogen) atoms. The normalized spacial score (nSPS) is 10.1. The summed E-state index contributed by atoms with van der Waals surface area (Å²) in [4.78, 5) is 0. The maximum Gasteiger partial charge on any atom is 0.174 e. The topological polar surface area (TPSA) is 30.5 Å². The van der Waals surface area contributed by atoms with Gasteiger partial charge in [0.2, 0.25) is 0 Å². The molecule has 0 spiro atoms. The van der Waals surface area contributed by atoms with Crippen LogP contribution in [0.15, 0.2) is 40.9 Å². The molecule has 126 valence electrons. The highest BCUT2D eigenvalue weighted by Crippen LogP contribution is 2.36. The summed E-state index contributed by atoms with van der Waals surface area (Å²) in [6.45, 7) is 3.87. The van der Waals surface area contributed by atoms with E-state index >= 15 is 0 Å². The van der Waals surface area contributed by atoms with Crippen LogP contribution in [0.2, 0.25) is 0 Å². The lowest BCUT2D eigenvalue weighted by atomic mass is 10.2. The lowest BCUT2D eigenvalue weighted by Crippen LogP contribution is -2.13. The number of benzene rings is 2. The molecule has 0 radical (unpaired) electrons. The van der Waals surface area contributed by atoms with Crippen molar-refractivity contribution >= 4 is 28.3 Å². The van der Waals surface area contributed by atoms with Crippen LogP contribution in [-0.4, -0.2) is 13.7 Å². The molecule has 0 atom stereocenters. The van der Waals surface area contributed by atoms with Gasteiger partial charge in [0, 0.05) is 13.1 Å². The molecule has 0 amide bonds. The quantitative estimate of drug-likeness (QED) is 0.725. The van der Waals surface area contributed by atoms with Crippen molar-refractivity contribution in [2.45, 2.75) is 20.0 Å². The Morgan fingerprint density at radius 3 is 2.35 bits per heavy atom. The van der Waals surface area contributed by atoms with Gasteiger partial charge >= 0.3 is 0 Å². The summed E-state index contributed by atoms with van der Waals surface area (Å²) >= 11 is 3.50. The number of halogens is 3. The van der Waals surface area contributed by atoms with Gasteiger partial charge in [-0.1, -0.05) is 12.1 Å². The van der Waals surface area contributed by atoms with E-state index in [0.717, 1.165) is 21.3 Å². The fourth-order valence-corrected chi connectivity index (χ4v) is 2.79. The fraction of sp³-hybridized carbons (Fsp3) is 0.294. The third kappa shape index (κ3) is 5.68. The molecule has 0 saturated carbocycles. The number of nitrogens with one attached hydrogen (secondary N) is 1. The summed E-state index contributed by atoms with van der Waals surface area (Å²) in [5.74, 6) is 1.20. The highest BCUT2D eigenvalue weighted by atomic mass is 79.9. The summed E-state index contributed by atoms with van der Waals surface area (Å²) < 4.78 is 24.7. The van der Waals surface area contributed by atoms with Crippen molar-refractivity contribution < 1.29 is 13.9 Å². The summed E-state index contributed by atoms with van der Waals surface area (Å²) in [6.07, 6.45) is 0. The molecule has 2 aromatic carbocycles. The van der Waals surface area contributed by atoms with Crippen LogP contribution in [-0.2, 0) is 13.1 Å². The molecule has 0 aliphatic carbocycles. The van der Waals surface area contributed by atoms with Crippen LogP contribution in [0.1, 0.15) is 18.1 Å². The molecule has 3 nitrogen and oxygen atoms in total. The smallest absolute Gasteiger partial charge is 0.174 e. The van der Waals surface area contributed by atoms with Gasteiger partial charge in [-0.2, -0.15) is 0 Å². The third-order valence-corrected chi connectivity index (χ3v) is 3.73. The van der Waals surface area contributed by atoms with Crippen molar-refractivity contribution in [1.29, 1.82) is 0 Å². The lowest BCUT2D eigenvalue weighted by Gasteiger charge is -2.13. The zero-order valence-corrected chi connectivity index (χ0v) is 15.5. The zero-order valence-electron chi connectivity index (χ0n) is 13.1. The van der Waals surface area contributed by atoms with E-state index in [2.05, 4.69) is 21.2 Å². The number of methoxy groups -OCH3 is 1. The summed E-state index contributed by atoms with van der Waals surface area (Å²) in [7, 11) is 1.62. The molecule has 0 heterocycles. The van der Waals surface area contributed by atoms with Gasteiger partial charge in [0.05, 0.1) is 18.2 Å². The predicted molar refractivity (Wildman–Crippen MR) is 96.1 cm³/mol. The second-order valence-electron chi connectivity index (χ2n) is 4.77. The Bertz CT molecular complexity index is 623. The molecular weight excluding hydrogens is 385 g/mol. The van der Waals surface area contributed by atoms with Crippen LogP contribution in [0, 0.1) is 5.82 Å². The second kappa shape index (κ2) is 9.75. The van der Waals surface area contributed by atoms with E-state index < -0.39 is 0 Å². The summed E-state index contributed by atoms with van der Waals surface area (Å²) in [5.41, 5.74) is 2.12. The summed E-state index contributed by atoms with van der Waals surface area (Å²) in [6, 6.07) is 10.4. The van der Waals surface area contributed by atoms with Crippen LogP contribution < -0.4 is 14.8 Å². The van der Waals surface area contributed by atoms with Gasteiger partial charge in [-0.05, 0) is 58.2 Å². The Balaban J connectivity index is 0.00000264. The van der Waals surface area contributed by atoms with Crippen LogP contribution >= 0.6 is 28.3 Å². The Labute approximate surface area is 150 Å². The SMILES string of the molecule is CCOc1cc(CNCc2ccc(F)cc2)cc(Br)c1OC.Cl.